The van der Waals surface area contributed by atoms with Crippen molar-refractivity contribution in [2.75, 3.05) is 48.1 Å². The van der Waals surface area contributed by atoms with Crippen LogP contribution in [-0.4, -0.2) is 134 Å². The van der Waals surface area contributed by atoms with Crippen molar-refractivity contribution in [3.63, 3.8) is 0 Å². The topological polar surface area (TPSA) is 153 Å². The van der Waals surface area contributed by atoms with E-state index in [1.54, 1.807) is 45.6 Å². The maximum absolute atomic E-state index is 14.6. The minimum absolute atomic E-state index is 0.0779. The molecule has 6 aliphatic rings. The average Bonchev–Trinajstić information content (AvgIpc) is 3.65. The van der Waals surface area contributed by atoms with E-state index in [-0.39, 0.29) is 25.5 Å². The van der Waals surface area contributed by atoms with Gasteiger partial charge in [-0.1, -0.05) is 87.8 Å². The van der Waals surface area contributed by atoms with Gasteiger partial charge < -0.3 is 43.7 Å². The van der Waals surface area contributed by atoms with Crippen molar-refractivity contribution in [2.45, 2.75) is 145 Å². The molecule has 0 aromatic heterocycles. The number of rotatable bonds is 22. The predicted octanol–water partition coefficient (Wildman–Crippen LogP) is 6.22. The molecule has 15 atom stereocenters. The highest BCUT2D eigenvalue weighted by Crippen LogP contribution is 2.80. The molecule has 5 saturated carbocycles. The third-order valence-corrected chi connectivity index (χ3v) is 16.2. The number of methoxy groups -OCH3 is 4. The first-order valence-electron chi connectivity index (χ1n) is 23.4. The van der Waals surface area contributed by atoms with Crippen LogP contribution in [-0.2, 0) is 33.2 Å². The van der Waals surface area contributed by atoms with E-state index in [2.05, 4.69) is 55.2 Å². The third kappa shape index (κ3) is 7.46. The van der Waals surface area contributed by atoms with Crippen LogP contribution >= 0.6 is 0 Å². The molecule has 62 heavy (non-hydrogen) atoms. The molecule has 6 fully saturated rings. The van der Waals surface area contributed by atoms with Gasteiger partial charge in [-0.3, -0.25) is 9.69 Å². The molecule has 5 aliphatic carbocycles. The van der Waals surface area contributed by atoms with E-state index in [0.29, 0.717) is 31.5 Å². The maximum atomic E-state index is 14.6. The minimum Gasteiger partial charge on any atom is -0.455 e. The van der Waals surface area contributed by atoms with Gasteiger partial charge >= 0.3 is 11.9 Å². The number of carbonyl (C=O) groups excluding carboxylic acids is 2. The molecule has 1 aromatic carbocycles. The summed E-state index contributed by atoms with van der Waals surface area (Å²) in [5.74, 6) is -3.55. The second kappa shape index (κ2) is 19.7. The predicted molar refractivity (Wildman–Crippen MR) is 234 cm³/mol. The first-order chi connectivity index (χ1) is 30.0. The minimum atomic E-state index is -1.85. The van der Waals surface area contributed by atoms with Gasteiger partial charge in [-0.2, -0.15) is 0 Å². The Bertz CT molecular complexity index is 1770. The summed E-state index contributed by atoms with van der Waals surface area (Å²) < 4.78 is 38.7. The highest BCUT2D eigenvalue weighted by Gasteiger charge is 2.92. The number of esters is 2. The number of likely N-dealkylation sites (tertiary alicyclic amines) is 1. The summed E-state index contributed by atoms with van der Waals surface area (Å²) in [7, 11) is 6.39. The number of aliphatic hydroxyl groups excluding tert-OH is 2. The van der Waals surface area contributed by atoms with Crippen LogP contribution in [0.15, 0.2) is 66.8 Å². The van der Waals surface area contributed by atoms with Crippen molar-refractivity contribution in [2.24, 2.45) is 34.5 Å². The van der Waals surface area contributed by atoms with Crippen molar-refractivity contribution >= 4 is 11.9 Å². The number of unbranched alkanes of at least 4 members (excludes halogenated alkanes) is 5. The van der Waals surface area contributed by atoms with Crippen LogP contribution in [0.1, 0.15) is 101 Å². The van der Waals surface area contributed by atoms with Crippen LogP contribution in [0, 0.1) is 34.5 Å². The Balaban J connectivity index is 1.20. The Morgan fingerprint density at radius 1 is 0.839 bits per heavy atom. The molecular formula is C50H73NO11. The molecule has 7 rings (SSSR count). The van der Waals surface area contributed by atoms with Crippen LogP contribution in [0.5, 0.6) is 0 Å². The molecule has 12 nitrogen and oxygen atoms in total. The summed E-state index contributed by atoms with van der Waals surface area (Å²) in [6, 6.07) is 8.28. The van der Waals surface area contributed by atoms with Gasteiger partial charge in [0.25, 0.3) is 0 Å². The lowest BCUT2D eigenvalue weighted by molar-refractivity contribution is -0.323. The number of ether oxygens (including phenoxy) is 6. The Morgan fingerprint density at radius 2 is 1.53 bits per heavy atom. The summed E-state index contributed by atoms with van der Waals surface area (Å²) in [6.07, 6.45) is 16.3. The first kappa shape index (κ1) is 47.0. The number of piperidine rings is 1. The average molecular weight is 864 g/mol. The normalized spacial score (nSPS) is 40.5. The van der Waals surface area contributed by atoms with E-state index in [0.717, 1.165) is 51.4 Å². The number of allylic oxidation sites excluding steroid dienone is 6. The fraction of sp³-hybridized carbons (Fsp3) is 0.720. The second-order valence-corrected chi connectivity index (χ2v) is 18.9. The first-order valence-corrected chi connectivity index (χ1v) is 23.4. The largest absolute Gasteiger partial charge is 0.455 e. The molecule has 1 aliphatic heterocycles. The summed E-state index contributed by atoms with van der Waals surface area (Å²) in [4.78, 5) is 31.0. The van der Waals surface area contributed by atoms with Crippen molar-refractivity contribution < 1.29 is 53.3 Å². The standard InChI is InChI=1S/C50H73NO11/c1-7-9-10-11-12-13-14-15-16-17-18-19-20-21-25-28-37(53)62-50-38-34(30-48(56,45(60-6)43(50)54)44(38)61-46(55)33-26-23-22-24-27-33)49-36(58-4)29-35(52)47(32-57-3)31-51(8-2)42(49)39(50)40(59-5)41(47)49/h9-10,12-13,15-16,22-24,26-27,34-36,38-45,52,54,56H,7-8,11,14,17-21,25,28-32H2,1-6H3/b10-9-,13-12-,16-15-/t34-,35-,36+,38-,39+,40+,41-,42-,43+,44-,45+,47+,48+,49+,50-/m1/s1. The number of nitrogens with zero attached hydrogens (tertiary/aromatic N) is 1. The van der Waals surface area contributed by atoms with E-state index >= 15 is 0 Å². The molecule has 12 heteroatoms. The number of hydrogen-bond acceptors (Lipinski definition) is 12. The molecule has 0 amide bonds. The van der Waals surface area contributed by atoms with Crippen molar-refractivity contribution in [3.8, 4) is 0 Å². The number of hydrogen-bond donors (Lipinski definition) is 3. The lowest BCUT2D eigenvalue weighted by Crippen LogP contribution is -2.81. The highest BCUT2D eigenvalue weighted by atomic mass is 16.6. The van der Waals surface area contributed by atoms with Gasteiger partial charge in [0.15, 0.2) is 5.60 Å². The van der Waals surface area contributed by atoms with E-state index in [1.807, 2.05) is 6.07 Å². The number of aliphatic hydroxyl groups is 3. The van der Waals surface area contributed by atoms with Gasteiger partial charge in [0.2, 0.25) is 0 Å². The maximum Gasteiger partial charge on any atom is 0.338 e. The van der Waals surface area contributed by atoms with Crippen molar-refractivity contribution in [1.29, 1.82) is 0 Å². The summed E-state index contributed by atoms with van der Waals surface area (Å²) in [6.45, 7) is 5.54. The quantitative estimate of drug-likeness (QED) is 0.0690. The molecule has 1 spiro atoms. The summed E-state index contributed by atoms with van der Waals surface area (Å²) in [5.41, 5.74) is -4.88. The molecule has 1 saturated heterocycles. The van der Waals surface area contributed by atoms with E-state index in [1.165, 1.54) is 7.11 Å². The molecule has 344 valence electrons. The van der Waals surface area contributed by atoms with Gasteiger partial charge in [-0.15, -0.1) is 0 Å². The lowest BCUT2D eigenvalue weighted by Gasteiger charge is -2.70. The van der Waals surface area contributed by atoms with Crippen LogP contribution in [0.3, 0.4) is 0 Å². The second-order valence-electron chi connectivity index (χ2n) is 18.9. The van der Waals surface area contributed by atoms with E-state index in [4.69, 9.17) is 28.4 Å². The lowest BCUT2D eigenvalue weighted by atomic mass is 9.42. The molecule has 0 unspecified atom stereocenters. The summed E-state index contributed by atoms with van der Waals surface area (Å²) >= 11 is 0. The van der Waals surface area contributed by atoms with Crippen molar-refractivity contribution in [3.05, 3.63) is 72.4 Å². The highest BCUT2D eigenvalue weighted by molar-refractivity contribution is 5.89. The molecule has 0 radical (unpaired) electrons. The zero-order chi connectivity index (χ0) is 44.3. The Kier molecular flexibility index (Phi) is 14.9. The molecule has 3 N–H and O–H groups in total. The Morgan fingerprint density at radius 3 is 2.19 bits per heavy atom. The third-order valence-electron chi connectivity index (χ3n) is 16.2. The SMILES string of the molecule is CC/C=C\C/C=C\C/C=C\CCCCCCCC(=O)O[C@]12[C@H]3[C@@H](OC(=O)c4ccccc4)[C@@](O)(C[C@H]3[C@@]34[C@@H](OC)C[C@@H](O)[C@@]5(COC)CN(CC)[C@@H]3[C@@H]1[C@H](OC)[C@H]54)[C@@H](OC)[C@@H]2O. The van der Waals surface area contributed by atoms with Crippen molar-refractivity contribution in [1.82, 2.24) is 4.90 Å². The van der Waals surface area contributed by atoms with Crippen LogP contribution in [0.4, 0.5) is 0 Å². The van der Waals surface area contributed by atoms with Gasteiger partial charge in [0.1, 0.15) is 23.9 Å². The Labute approximate surface area is 369 Å². The van der Waals surface area contributed by atoms with E-state index < -0.39 is 94.3 Å². The van der Waals surface area contributed by atoms with Gasteiger partial charge in [0.05, 0.1) is 30.5 Å². The van der Waals surface area contributed by atoms with E-state index in [9.17, 15) is 24.9 Å². The molecular weight excluding hydrogens is 791 g/mol. The molecule has 7 bridgehead atoms. The van der Waals surface area contributed by atoms with Crippen LogP contribution < -0.4 is 0 Å². The fourth-order valence-electron chi connectivity index (χ4n) is 14.2. The van der Waals surface area contributed by atoms with Crippen LogP contribution in [0.2, 0.25) is 0 Å². The monoisotopic (exact) mass is 864 g/mol. The van der Waals surface area contributed by atoms with Gasteiger partial charge in [0, 0.05) is 82.5 Å². The van der Waals surface area contributed by atoms with Gasteiger partial charge in [-0.25, -0.2) is 4.79 Å². The van der Waals surface area contributed by atoms with Crippen LogP contribution in [0.25, 0.3) is 0 Å². The Hall–Kier alpha value is -2.94. The number of benzene rings is 1. The summed E-state index contributed by atoms with van der Waals surface area (Å²) in [5, 5.41) is 38.4. The fourth-order valence-corrected chi connectivity index (χ4v) is 14.2. The smallest absolute Gasteiger partial charge is 0.338 e. The number of carbonyl (C=O) groups is 2. The molecule has 1 heterocycles. The van der Waals surface area contributed by atoms with Gasteiger partial charge in [-0.05, 0) is 69.5 Å². The number of fused-ring (bicyclic) bond motifs is 2. The zero-order valence-corrected chi connectivity index (χ0v) is 37.9. The molecule has 1 aromatic rings. The zero-order valence-electron chi connectivity index (χ0n) is 37.9.